The second kappa shape index (κ2) is 6.95. The lowest BCUT2D eigenvalue weighted by Gasteiger charge is -2.14. The molecule has 8 heteroatoms. The van der Waals surface area contributed by atoms with E-state index in [0.29, 0.717) is 16.5 Å². The molecule has 118 valence electrons. The van der Waals surface area contributed by atoms with Gasteiger partial charge in [0.05, 0.1) is 16.4 Å². The van der Waals surface area contributed by atoms with Gasteiger partial charge in [-0.05, 0) is 30.3 Å². The molecule has 1 aromatic carbocycles. The monoisotopic (exact) mass is 341 g/mol. The molecule has 0 unspecified atom stereocenters. The number of hydrogen-bond acceptors (Lipinski definition) is 4. The van der Waals surface area contributed by atoms with Crippen molar-refractivity contribution < 1.29 is 13.2 Å². The number of nitrogens with one attached hydrogen (secondary N) is 1. The van der Waals surface area contributed by atoms with Crippen LogP contribution in [0.5, 0.6) is 5.75 Å². The Kier molecular flexibility index (Phi) is 5.23. The Bertz CT molecular complexity index is 736. The molecule has 1 N–H and O–H groups in total. The lowest BCUT2D eigenvalue weighted by molar-refractivity contribution is 0.301. The molecular weight excluding hydrogens is 326 g/mol. The second-order valence-corrected chi connectivity index (χ2v) is 6.94. The summed E-state index contributed by atoms with van der Waals surface area (Å²) in [6.45, 7) is 0.281. The van der Waals surface area contributed by atoms with Crippen LogP contribution in [-0.2, 0) is 16.8 Å². The minimum atomic E-state index is -3.56. The SMILES string of the molecule is CN(C)S(=O)(=O)Nc1ccc(OCc2ccccn2)c(Cl)c1. The molecule has 0 aliphatic heterocycles. The first kappa shape index (κ1) is 16.5. The quantitative estimate of drug-likeness (QED) is 0.876. The summed E-state index contributed by atoms with van der Waals surface area (Å²) in [4.78, 5) is 4.14. The average Bonchev–Trinajstić information content (AvgIpc) is 2.47. The molecule has 0 radical (unpaired) electrons. The van der Waals surface area contributed by atoms with E-state index < -0.39 is 10.2 Å². The van der Waals surface area contributed by atoms with Crippen molar-refractivity contribution in [2.24, 2.45) is 0 Å². The predicted molar refractivity (Wildman–Crippen MR) is 86.3 cm³/mol. The first-order chi connectivity index (χ1) is 10.4. The van der Waals surface area contributed by atoms with E-state index in [0.717, 1.165) is 10.00 Å². The Balaban J connectivity index is 2.07. The zero-order chi connectivity index (χ0) is 16.2. The molecule has 6 nitrogen and oxygen atoms in total. The molecule has 0 fully saturated rings. The van der Waals surface area contributed by atoms with Crippen molar-refractivity contribution in [1.82, 2.24) is 9.29 Å². The number of hydrogen-bond donors (Lipinski definition) is 1. The van der Waals surface area contributed by atoms with Gasteiger partial charge in [-0.15, -0.1) is 0 Å². The molecule has 2 aromatic rings. The molecule has 0 amide bonds. The van der Waals surface area contributed by atoms with Crippen molar-refractivity contribution in [3.05, 3.63) is 53.3 Å². The maximum atomic E-state index is 11.7. The Morgan fingerprint density at radius 2 is 2.05 bits per heavy atom. The smallest absolute Gasteiger partial charge is 0.301 e. The summed E-state index contributed by atoms with van der Waals surface area (Å²) in [6, 6.07) is 10.2. The van der Waals surface area contributed by atoms with E-state index in [9.17, 15) is 8.42 Å². The van der Waals surface area contributed by atoms with E-state index >= 15 is 0 Å². The minimum Gasteiger partial charge on any atom is -0.486 e. The van der Waals surface area contributed by atoms with Gasteiger partial charge in [0.1, 0.15) is 12.4 Å². The highest BCUT2D eigenvalue weighted by atomic mass is 35.5. The van der Waals surface area contributed by atoms with Crippen LogP contribution >= 0.6 is 11.6 Å². The molecular formula is C14H16ClN3O3S. The molecule has 0 aliphatic rings. The van der Waals surface area contributed by atoms with Gasteiger partial charge in [0.2, 0.25) is 0 Å². The molecule has 0 aliphatic carbocycles. The third-order valence-electron chi connectivity index (χ3n) is 2.76. The van der Waals surface area contributed by atoms with Crippen molar-refractivity contribution in [3.63, 3.8) is 0 Å². The third-order valence-corrected chi connectivity index (χ3v) is 4.51. The van der Waals surface area contributed by atoms with Crippen LogP contribution in [0.15, 0.2) is 42.6 Å². The normalized spacial score (nSPS) is 11.5. The van der Waals surface area contributed by atoms with Crippen LogP contribution in [0.4, 0.5) is 5.69 Å². The number of benzene rings is 1. The van der Waals surface area contributed by atoms with Gasteiger partial charge in [0.15, 0.2) is 0 Å². The third kappa shape index (κ3) is 4.33. The Hall–Kier alpha value is -1.83. The zero-order valence-corrected chi connectivity index (χ0v) is 13.7. The molecule has 0 saturated carbocycles. The van der Waals surface area contributed by atoms with Gasteiger partial charge < -0.3 is 4.74 Å². The van der Waals surface area contributed by atoms with Crippen LogP contribution in [-0.4, -0.2) is 31.8 Å². The molecule has 1 heterocycles. The molecule has 22 heavy (non-hydrogen) atoms. The topological polar surface area (TPSA) is 71.5 Å². The van der Waals surface area contributed by atoms with Crippen molar-refractivity contribution in [1.29, 1.82) is 0 Å². The number of pyridine rings is 1. The van der Waals surface area contributed by atoms with E-state index in [-0.39, 0.29) is 6.61 Å². The summed E-state index contributed by atoms with van der Waals surface area (Å²) < 4.78 is 32.5. The van der Waals surface area contributed by atoms with E-state index in [1.165, 1.54) is 20.2 Å². The van der Waals surface area contributed by atoms with Gasteiger partial charge in [-0.25, -0.2) is 0 Å². The van der Waals surface area contributed by atoms with Gasteiger partial charge in [-0.2, -0.15) is 12.7 Å². The second-order valence-electron chi connectivity index (χ2n) is 4.64. The van der Waals surface area contributed by atoms with Crippen molar-refractivity contribution in [2.45, 2.75) is 6.61 Å². The Morgan fingerprint density at radius 1 is 1.27 bits per heavy atom. The summed E-state index contributed by atoms with van der Waals surface area (Å²) in [5.41, 5.74) is 1.14. The highest BCUT2D eigenvalue weighted by Gasteiger charge is 2.14. The van der Waals surface area contributed by atoms with Crippen molar-refractivity contribution >= 4 is 27.5 Å². The first-order valence-corrected chi connectivity index (χ1v) is 8.23. The van der Waals surface area contributed by atoms with E-state index in [2.05, 4.69) is 9.71 Å². The van der Waals surface area contributed by atoms with E-state index in [4.69, 9.17) is 16.3 Å². The van der Waals surface area contributed by atoms with Crippen LogP contribution in [0.3, 0.4) is 0 Å². The molecule has 1 aromatic heterocycles. The van der Waals surface area contributed by atoms with Crippen LogP contribution in [0.1, 0.15) is 5.69 Å². The maximum absolute atomic E-state index is 11.7. The highest BCUT2D eigenvalue weighted by molar-refractivity contribution is 7.90. The standard InChI is InChI=1S/C14H16ClN3O3S/c1-18(2)22(19,20)17-11-6-7-14(13(15)9-11)21-10-12-5-3-4-8-16-12/h3-9,17H,10H2,1-2H3. The number of ether oxygens (including phenoxy) is 1. The Morgan fingerprint density at radius 3 is 2.64 bits per heavy atom. The lowest BCUT2D eigenvalue weighted by Crippen LogP contribution is -2.28. The lowest BCUT2D eigenvalue weighted by atomic mass is 10.3. The number of rotatable bonds is 6. The largest absolute Gasteiger partial charge is 0.486 e. The van der Waals surface area contributed by atoms with Gasteiger partial charge >= 0.3 is 10.2 Å². The summed E-state index contributed by atoms with van der Waals surface area (Å²) in [6.07, 6.45) is 1.68. The molecule has 0 atom stereocenters. The summed E-state index contributed by atoms with van der Waals surface area (Å²) in [5, 5.41) is 0.315. The summed E-state index contributed by atoms with van der Waals surface area (Å²) >= 11 is 6.11. The highest BCUT2D eigenvalue weighted by Crippen LogP contribution is 2.28. The van der Waals surface area contributed by atoms with Gasteiger partial charge in [-0.3, -0.25) is 9.71 Å². The van der Waals surface area contributed by atoms with Gasteiger partial charge in [0.25, 0.3) is 0 Å². The minimum absolute atomic E-state index is 0.281. The Labute approximate surface area is 134 Å². The molecule has 2 rings (SSSR count). The van der Waals surface area contributed by atoms with E-state index in [1.807, 2.05) is 18.2 Å². The zero-order valence-electron chi connectivity index (χ0n) is 12.2. The van der Waals surface area contributed by atoms with Gasteiger partial charge in [0, 0.05) is 20.3 Å². The van der Waals surface area contributed by atoms with Gasteiger partial charge in [-0.1, -0.05) is 17.7 Å². The van der Waals surface area contributed by atoms with Crippen LogP contribution < -0.4 is 9.46 Å². The average molecular weight is 342 g/mol. The molecule has 0 bridgehead atoms. The number of halogens is 1. The number of aromatic nitrogens is 1. The fourth-order valence-electron chi connectivity index (χ4n) is 1.56. The van der Waals surface area contributed by atoms with Crippen molar-refractivity contribution in [3.8, 4) is 5.75 Å². The number of nitrogens with zero attached hydrogens (tertiary/aromatic N) is 2. The van der Waals surface area contributed by atoms with Crippen LogP contribution in [0.25, 0.3) is 0 Å². The summed E-state index contributed by atoms with van der Waals surface area (Å²) in [7, 11) is -0.685. The predicted octanol–water partition coefficient (Wildman–Crippen LogP) is 2.53. The molecule has 0 saturated heterocycles. The first-order valence-electron chi connectivity index (χ1n) is 6.41. The van der Waals surface area contributed by atoms with Crippen LogP contribution in [0.2, 0.25) is 5.02 Å². The fraction of sp³-hybridized carbons (Fsp3) is 0.214. The summed E-state index contributed by atoms with van der Waals surface area (Å²) in [5.74, 6) is 0.458. The van der Waals surface area contributed by atoms with Crippen LogP contribution in [0, 0.1) is 0 Å². The maximum Gasteiger partial charge on any atom is 0.301 e. The fourth-order valence-corrected chi connectivity index (χ4v) is 2.40. The number of anilines is 1. The van der Waals surface area contributed by atoms with Crippen molar-refractivity contribution in [2.75, 3.05) is 18.8 Å². The molecule has 0 spiro atoms. The van der Waals surface area contributed by atoms with E-state index in [1.54, 1.807) is 18.3 Å².